The van der Waals surface area contributed by atoms with E-state index < -0.39 is 0 Å². The van der Waals surface area contributed by atoms with Crippen LogP contribution in [0.4, 0.5) is 0 Å². The Balaban J connectivity index is 2.02. The van der Waals surface area contributed by atoms with E-state index in [-0.39, 0.29) is 5.75 Å². The number of methoxy groups -OCH3 is 1. The maximum absolute atomic E-state index is 9.65. The van der Waals surface area contributed by atoms with Crippen molar-refractivity contribution in [3.63, 3.8) is 0 Å². The SMILES string of the molecule is COc1ccc(CCc2ccncc2)cc1O. The Morgan fingerprint density at radius 1 is 1.06 bits per heavy atom. The molecule has 0 spiro atoms. The van der Waals surface area contributed by atoms with Crippen LogP contribution in [0.1, 0.15) is 11.1 Å². The third-order valence-corrected chi connectivity index (χ3v) is 2.69. The molecule has 0 saturated heterocycles. The van der Waals surface area contributed by atoms with Crippen molar-refractivity contribution in [2.24, 2.45) is 0 Å². The van der Waals surface area contributed by atoms with Crippen LogP contribution in [0.15, 0.2) is 42.7 Å². The summed E-state index contributed by atoms with van der Waals surface area (Å²) in [4.78, 5) is 3.98. The van der Waals surface area contributed by atoms with Gasteiger partial charge in [0, 0.05) is 12.4 Å². The lowest BCUT2D eigenvalue weighted by Crippen LogP contribution is -1.92. The van der Waals surface area contributed by atoms with Gasteiger partial charge in [-0.15, -0.1) is 0 Å². The van der Waals surface area contributed by atoms with Crippen molar-refractivity contribution in [3.05, 3.63) is 53.9 Å². The lowest BCUT2D eigenvalue weighted by molar-refractivity contribution is 0.373. The number of hydrogen-bond acceptors (Lipinski definition) is 3. The van der Waals surface area contributed by atoms with Gasteiger partial charge < -0.3 is 9.84 Å². The lowest BCUT2D eigenvalue weighted by atomic mass is 10.1. The van der Waals surface area contributed by atoms with Crippen molar-refractivity contribution in [3.8, 4) is 11.5 Å². The number of pyridine rings is 1. The van der Waals surface area contributed by atoms with Gasteiger partial charge in [0.25, 0.3) is 0 Å². The first kappa shape index (κ1) is 11.5. The summed E-state index contributed by atoms with van der Waals surface area (Å²) < 4.78 is 5.00. The number of nitrogens with zero attached hydrogens (tertiary/aromatic N) is 1. The van der Waals surface area contributed by atoms with Crippen LogP contribution < -0.4 is 4.74 Å². The van der Waals surface area contributed by atoms with Crippen LogP contribution in [-0.4, -0.2) is 17.2 Å². The van der Waals surface area contributed by atoms with Gasteiger partial charge in [-0.3, -0.25) is 4.98 Å². The van der Waals surface area contributed by atoms with Crippen LogP contribution >= 0.6 is 0 Å². The van der Waals surface area contributed by atoms with E-state index >= 15 is 0 Å². The quantitative estimate of drug-likeness (QED) is 0.876. The normalized spacial score (nSPS) is 10.2. The second-order valence-electron chi connectivity index (χ2n) is 3.86. The summed E-state index contributed by atoms with van der Waals surface area (Å²) in [5.41, 5.74) is 2.34. The fourth-order valence-corrected chi connectivity index (χ4v) is 1.73. The predicted octanol–water partition coefficient (Wildman–Crippen LogP) is 2.58. The molecule has 0 bridgehead atoms. The van der Waals surface area contributed by atoms with E-state index in [1.807, 2.05) is 18.2 Å². The average Bonchev–Trinajstić information content (AvgIpc) is 2.38. The number of phenols is 1. The molecule has 0 unspecified atom stereocenters. The van der Waals surface area contributed by atoms with Crippen LogP contribution in [0.3, 0.4) is 0 Å². The van der Waals surface area contributed by atoms with E-state index in [2.05, 4.69) is 4.98 Å². The molecule has 0 radical (unpaired) electrons. The van der Waals surface area contributed by atoms with Gasteiger partial charge in [0.05, 0.1) is 7.11 Å². The smallest absolute Gasteiger partial charge is 0.160 e. The molecule has 1 aromatic heterocycles. The van der Waals surface area contributed by atoms with Crippen molar-refractivity contribution >= 4 is 0 Å². The standard InChI is InChI=1S/C14H15NO2/c1-17-14-5-4-12(10-13(14)16)3-2-11-6-8-15-9-7-11/h4-10,16H,2-3H2,1H3. The maximum atomic E-state index is 9.65. The molecule has 0 aliphatic carbocycles. The molecule has 0 aliphatic rings. The molecular weight excluding hydrogens is 214 g/mol. The second-order valence-corrected chi connectivity index (χ2v) is 3.86. The van der Waals surface area contributed by atoms with Gasteiger partial charge in [-0.25, -0.2) is 0 Å². The van der Waals surface area contributed by atoms with Gasteiger partial charge in [0.15, 0.2) is 11.5 Å². The Hall–Kier alpha value is -2.03. The highest BCUT2D eigenvalue weighted by Crippen LogP contribution is 2.26. The van der Waals surface area contributed by atoms with Crippen molar-refractivity contribution in [1.82, 2.24) is 4.98 Å². The highest BCUT2D eigenvalue weighted by Gasteiger charge is 2.02. The summed E-state index contributed by atoms with van der Waals surface area (Å²) in [6, 6.07) is 9.52. The van der Waals surface area contributed by atoms with Crippen LogP contribution in [-0.2, 0) is 12.8 Å². The van der Waals surface area contributed by atoms with Gasteiger partial charge >= 0.3 is 0 Å². The Morgan fingerprint density at radius 2 is 1.76 bits per heavy atom. The largest absolute Gasteiger partial charge is 0.504 e. The molecule has 0 saturated carbocycles. The molecule has 2 aromatic rings. The van der Waals surface area contributed by atoms with Crippen LogP contribution in [0.25, 0.3) is 0 Å². The number of phenolic OH excluding ortho intramolecular Hbond substituents is 1. The topological polar surface area (TPSA) is 42.4 Å². The molecule has 3 nitrogen and oxygen atoms in total. The highest BCUT2D eigenvalue weighted by molar-refractivity contribution is 5.41. The van der Waals surface area contributed by atoms with Crippen LogP contribution in [0, 0.1) is 0 Å². The fourth-order valence-electron chi connectivity index (χ4n) is 1.73. The first-order valence-corrected chi connectivity index (χ1v) is 5.54. The molecule has 1 heterocycles. The number of rotatable bonds is 4. The molecule has 1 aromatic carbocycles. The van der Waals surface area contributed by atoms with Gasteiger partial charge in [-0.1, -0.05) is 6.07 Å². The summed E-state index contributed by atoms with van der Waals surface area (Å²) in [6.07, 6.45) is 5.41. The van der Waals surface area contributed by atoms with E-state index in [9.17, 15) is 5.11 Å². The van der Waals surface area contributed by atoms with E-state index in [4.69, 9.17) is 4.74 Å². The molecule has 0 amide bonds. The van der Waals surface area contributed by atoms with Crippen LogP contribution in [0.2, 0.25) is 0 Å². The van der Waals surface area contributed by atoms with Gasteiger partial charge in [-0.2, -0.15) is 0 Å². The Morgan fingerprint density at radius 3 is 2.41 bits per heavy atom. The summed E-state index contributed by atoms with van der Waals surface area (Å²) in [5, 5.41) is 9.65. The number of aromatic hydroxyl groups is 1. The monoisotopic (exact) mass is 229 g/mol. The van der Waals surface area contributed by atoms with Gasteiger partial charge in [-0.05, 0) is 48.2 Å². The van der Waals surface area contributed by atoms with Crippen LogP contribution in [0.5, 0.6) is 11.5 Å². The van der Waals surface area contributed by atoms with E-state index in [1.165, 1.54) is 5.56 Å². The van der Waals surface area contributed by atoms with Crippen molar-refractivity contribution in [2.45, 2.75) is 12.8 Å². The Labute approximate surface area is 101 Å². The van der Waals surface area contributed by atoms with Gasteiger partial charge in [0.1, 0.15) is 0 Å². The zero-order chi connectivity index (χ0) is 12.1. The van der Waals surface area contributed by atoms with Gasteiger partial charge in [0.2, 0.25) is 0 Å². The molecule has 0 aliphatic heterocycles. The molecule has 3 heteroatoms. The number of ether oxygens (including phenoxy) is 1. The van der Waals surface area contributed by atoms with Crippen molar-refractivity contribution < 1.29 is 9.84 Å². The molecule has 88 valence electrons. The molecule has 0 fully saturated rings. The first-order chi connectivity index (χ1) is 8.29. The third kappa shape index (κ3) is 2.97. The highest BCUT2D eigenvalue weighted by atomic mass is 16.5. The zero-order valence-corrected chi connectivity index (χ0v) is 9.76. The number of benzene rings is 1. The van der Waals surface area contributed by atoms with Crippen molar-refractivity contribution in [1.29, 1.82) is 0 Å². The molecule has 2 rings (SSSR count). The second kappa shape index (κ2) is 5.34. The fraction of sp³-hybridized carbons (Fsp3) is 0.214. The van der Waals surface area contributed by atoms with Crippen molar-refractivity contribution in [2.75, 3.05) is 7.11 Å². The predicted molar refractivity (Wildman–Crippen MR) is 66.3 cm³/mol. The minimum Gasteiger partial charge on any atom is -0.504 e. The minimum atomic E-state index is 0.194. The number of aryl methyl sites for hydroxylation is 2. The summed E-state index contributed by atoms with van der Waals surface area (Å²) in [7, 11) is 1.55. The maximum Gasteiger partial charge on any atom is 0.160 e. The van der Waals surface area contributed by atoms with E-state index in [0.717, 1.165) is 18.4 Å². The number of aromatic nitrogens is 1. The molecular formula is C14H15NO2. The lowest BCUT2D eigenvalue weighted by Gasteiger charge is -2.06. The third-order valence-electron chi connectivity index (χ3n) is 2.69. The molecule has 17 heavy (non-hydrogen) atoms. The average molecular weight is 229 g/mol. The van der Waals surface area contributed by atoms with E-state index in [1.54, 1.807) is 31.6 Å². The Bertz CT molecular complexity index is 483. The summed E-state index contributed by atoms with van der Waals surface area (Å²) >= 11 is 0. The van der Waals surface area contributed by atoms with E-state index in [0.29, 0.717) is 5.75 Å². The Kier molecular flexibility index (Phi) is 3.60. The first-order valence-electron chi connectivity index (χ1n) is 5.54. The molecule has 0 atom stereocenters. The number of hydrogen-bond donors (Lipinski definition) is 1. The summed E-state index contributed by atoms with van der Waals surface area (Å²) in [5.74, 6) is 0.706. The minimum absolute atomic E-state index is 0.194. The molecule has 1 N–H and O–H groups in total. The zero-order valence-electron chi connectivity index (χ0n) is 9.76. The summed E-state index contributed by atoms with van der Waals surface area (Å²) in [6.45, 7) is 0.